The van der Waals surface area contributed by atoms with Crippen molar-refractivity contribution in [1.82, 2.24) is 20.2 Å². The molecule has 7 nitrogen and oxygen atoms in total. The first-order chi connectivity index (χ1) is 13.6. The Kier molecular flexibility index (Phi) is 5.06. The monoisotopic (exact) mass is 377 g/mol. The van der Waals surface area contributed by atoms with Crippen molar-refractivity contribution in [3.63, 3.8) is 0 Å². The fourth-order valence-corrected chi connectivity index (χ4v) is 3.76. The van der Waals surface area contributed by atoms with Crippen LogP contribution in [0.15, 0.2) is 49.3 Å². The van der Waals surface area contributed by atoms with Crippen LogP contribution >= 0.6 is 0 Å². The molecule has 144 valence electrons. The van der Waals surface area contributed by atoms with Gasteiger partial charge < -0.3 is 15.1 Å². The highest BCUT2D eigenvalue weighted by atomic mass is 16.2. The summed E-state index contributed by atoms with van der Waals surface area (Å²) in [6.45, 7) is 5.98. The van der Waals surface area contributed by atoms with Crippen LogP contribution in [0, 0.1) is 0 Å². The number of carbonyl (C=O) groups excluding carboxylic acids is 2. The van der Waals surface area contributed by atoms with E-state index in [1.807, 2.05) is 18.2 Å². The molecule has 0 saturated carbocycles. The Labute approximate surface area is 164 Å². The molecule has 1 aromatic carbocycles. The SMILES string of the molecule is C=C1c2ccccc2C(=O)N1CCC(=O)NC1CCN(c2ncccn2)CC1. The third-order valence-electron chi connectivity index (χ3n) is 5.30. The number of amides is 2. The number of aromatic nitrogens is 2. The van der Waals surface area contributed by atoms with Crippen molar-refractivity contribution in [3.8, 4) is 0 Å². The van der Waals surface area contributed by atoms with Gasteiger partial charge in [0, 0.05) is 61.3 Å². The van der Waals surface area contributed by atoms with E-state index in [2.05, 4.69) is 26.8 Å². The van der Waals surface area contributed by atoms with Crippen LogP contribution in [0.2, 0.25) is 0 Å². The van der Waals surface area contributed by atoms with Crippen molar-refractivity contribution in [3.05, 3.63) is 60.4 Å². The first-order valence-corrected chi connectivity index (χ1v) is 9.55. The zero-order valence-electron chi connectivity index (χ0n) is 15.7. The number of carbonyl (C=O) groups is 2. The van der Waals surface area contributed by atoms with Crippen LogP contribution in [0.5, 0.6) is 0 Å². The summed E-state index contributed by atoms with van der Waals surface area (Å²) in [4.78, 5) is 37.2. The van der Waals surface area contributed by atoms with E-state index < -0.39 is 0 Å². The summed E-state index contributed by atoms with van der Waals surface area (Å²) < 4.78 is 0. The lowest BCUT2D eigenvalue weighted by Crippen LogP contribution is -2.45. The van der Waals surface area contributed by atoms with Crippen LogP contribution in [0.3, 0.4) is 0 Å². The molecule has 0 bridgehead atoms. The molecule has 0 spiro atoms. The summed E-state index contributed by atoms with van der Waals surface area (Å²) >= 11 is 0. The molecule has 0 radical (unpaired) electrons. The summed E-state index contributed by atoms with van der Waals surface area (Å²) in [5, 5.41) is 3.09. The van der Waals surface area contributed by atoms with Crippen LogP contribution in [-0.2, 0) is 4.79 Å². The molecule has 0 atom stereocenters. The first-order valence-electron chi connectivity index (χ1n) is 9.55. The number of hydrogen-bond donors (Lipinski definition) is 1. The highest BCUT2D eigenvalue weighted by molar-refractivity contribution is 6.08. The fraction of sp³-hybridized carbons (Fsp3) is 0.333. The van der Waals surface area contributed by atoms with Crippen LogP contribution in [0.4, 0.5) is 5.95 Å². The minimum atomic E-state index is -0.0791. The van der Waals surface area contributed by atoms with Gasteiger partial charge in [0.05, 0.1) is 0 Å². The van der Waals surface area contributed by atoms with Gasteiger partial charge in [0.15, 0.2) is 0 Å². The van der Waals surface area contributed by atoms with Crippen molar-refractivity contribution < 1.29 is 9.59 Å². The number of nitrogens with one attached hydrogen (secondary N) is 1. The number of fused-ring (bicyclic) bond motifs is 1. The quantitative estimate of drug-likeness (QED) is 0.863. The molecule has 28 heavy (non-hydrogen) atoms. The summed E-state index contributed by atoms with van der Waals surface area (Å²) in [6.07, 6.45) is 5.44. The van der Waals surface area contributed by atoms with Crippen LogP contribution in [0.25, 0.3) is 5.70 Å². The maximum atomic E-state index is 12.5. The highest BCUT2D eigenvalue weighted by Gasteiger charge is 2.31. The van der Waals surface area contributed by atoms with E-state index in [9.17, 15) is 9.59 Å². The molecule has 2 aromatic rings. The van der Waals surface area contributed by atoms with Crippen LogP contribution in [-0.4, -0.2) is 52.4 Å². The first kappa shape index (κ1) is 18.2. The number of anilines is 1. The molecule has 2 aliphatic heterocycles. The third kappa shape index (κ3) is 3.60. The van der Waals surface area contributed by atoms with Gasteiger partial charge in [0.25, 0.3) is 5.91 Å². The normalized spacial score (nSPS) is 17.0. The van der Waals surface area contributed by atoms with Gasteiger partial charge in [-0.25, -0.2) is 9.97 Å². The second-order valence-electron chi connectivity index (χ2n) is 7.08. The second kappa shape index (κ2) is 7.80. The summed E-state index contributed by atoms with van der Waals surface area (Å²) in [5.41, 5.74) is 2.18. The Morgan fingerprint density at radius 3 is 2.46 bits per heavy atom. The Bertz CT molecular complexity index is 856. The van der Waals surface area contributed by atoms with E-state index in [1.54, 1.807) is 29.4 Å². The number of piperidine rings is 1. The highest BCUT2D eigenvalue weighted by Crippen LogP contribution is 2.31. The van der Waals surface area contributed by atoms with Gasteiger partial charge in [-0.1, -0.05) is 24.8 Å². The molecule has 0 unspecified atom stereocenters. The molecular weight excluding hydrogens is 354 g/mol. The van der Waals surface area contributed by atoms with Gasteiger partial charge in [-0.15, -0.1) is 0 Å². The summed E-state index contributed by atoms with van der Waals surface area (Å²) in [6, 6.07) is 9.36. The smallest absolute Gasteiger partial charge is 0.258 e. The molecule has 2 aliphatic rings. The lowest BCUT2D eigenvalue weighted by Gasteiger charge is -2.32. The van der Waals surface area contributed by atoms with Crippen molar-refractivity contribution in [2.45, 2.75) is 25.3 Å². The molecule has 7 heteroatoms. The zero-order chi connectivity index (χ0) is 19.5. The number of rotatable bonds is 5. The molecular formula is C21H23N5O2. The Balaban J connectivity index is 1.25. The average Bonchev–Trinajstić information content (AvgIpc) is 2.98. The minimum Gasteiger partial charge on any atom is -0.353 e. The van der Waals surface area contributed by atoms with Gasteiger partial charge in [-0.3, -0.25) is 9.59 Å². The van der Waals surface area contributed by atoms with Gasteiger partial charge >= 0.3 is 0 Å². The molecule has 4 rings (SSSR count). The largest absolute Gasteiger partial charge is 0.353 e. The number of nitrogens with zero attached hydrogens (tertiary/aromatic N) is 4. The Hall–Kier alpha value is -3.22. The fourth-order valence-electron chi connectivity index (χ4n) is 3.76. The topological polar surface area (TPSA) is 78.4 Å². The van der Waals surface area contributed by atoms with Crippen LogP contribution < -0.4 is 10.2 Å². The molecule has 1 aromatic heterocycles. The van der Waals surface area contributed by atoms with Crippen molar-refractivity contribution in [2.75, 3.05) is 24.5 Å². The van der Waals surface area contributed by atoms with E-state index in [0.717, 1.165) is 37.4 Å². The van der Waals surface area contributed by atoms with Gasteiger partial charge in [0.2, 0.25) is 11.9 Å². The van der Waals surface area contributed by atoms with E-state index in [1.165, 1.54) is 0 Å². The second-order valence-corrected chi connectivity index (χ2v) is 7.08. The van der Waals surface area contributed by atoms with Crippen molar-refractivity contribution in [1.29, 1.82) is 0 Å². The molecule has 1 saturated heterocycles. The molecule has 0 aliphatic carbocycles. The molecule has 1 N–H and O–H groups in total. The van der Waals surface area contributed by atoms with Gasteiger partial charge in [-0.2, -0.15) is 0 Å². The number of benzene rings is 1. The van der Waals surface area contributed by atoms with Gasteiger partial charge in [-0.05, 0) is 25.0 Å². The van der Waals surface area contributed by atoms with Gasteiger partial charge in [0.1, 0.15) is 0 Å². The molecule has 1 fully saturated rings. The van der Waals surface area contributed by atoms with Crippen molar-refractivity contribution in [2.24, 2.45) is 0 Å². The summed E-state index contributed by atoms with van der Waals surface area (Å²) in [5.74, 6) is 0.619. The van der Waals surface area contributed by atoms with E-state index in [-0.39, 0.29) is 24.3 Å². The minimum absolute atomic E-state index is 0.0361. The van der Waals surface area contributed by atoms with E-state index in [4.69, 9.17) is 0 Å². The standard InChI is InChI=1S/C21H23N5O2/c1-15-17-5-2-3-6-18(17)20(28)26(15)14-9-19(27)24-16-7-12-25(13-8-16)21-22-10-4-11-23-21/h2-6,10-11,16H,1,7-9,12-14H2,(H,24,27). The average molecular weight is 377 g/mol. The van der Waals surface area contributed by atoms with E-state index in [0.29, 0.717) is 17.8 Å². The molecule has 2 amide bonds. The Morgan fingerprint density at radius 2 is 1.79 bits per heavy atom. The van der Waals surface area contributed by atoms with E-state index >= 15 is 0 Å². The lowest BCUT2D eigenvalue weighted by atomic mass is 10.1. The maximum Gasteiger partial charge on any atom is 0.258 e. The lowest BCUT2D eigenvalue weighted by molar-refractivity contribution is -0.122. The zero-order valence-corrected chi connectivity index (χ0v) is 15.7. The predicted octanol–water partition coefficient (Wildman–Crippen LogP) is 2.08. The van der Waals surface area contributed by atoms with Crippen molar-refractivity contribution >= 4 is 23.5 Å². The summed E-state index contributed by atoms with van der Waals surface area (Å²) in [7, 11) is 0. The third-order valence-corrected chi connectivity index (χ3v) is 5.30. The number of hydrogen-bond acceptors (Lipinski definition) is 5. The molecule has 3 heterocycles. The maximum absolute atomic E-state index is 12.5. The van der Waals surface area contributed by atoms with Crippen LogP contribution in [0.1, 0.15) is 35.2 Å². The Morgan fingerprint density at radius 1 is 1.11 bits per heavy atom. The predicted molar refractivity (Wildman–Crippen MR) is 107 cm³/mol.